The molecule has 0 rings (SSSR count). The Kier molecular flexibility index (Phi) is 12.0. The second-order valence-corrected chi connectivity index (χ2v) is 0.964. The van der Waals surface area contributed by atoms with Crippen molar-refractivity contribution >= 4 is 11.9 Å². The van der Waals surface area contributed by atoms with Crippen LogP contribution in [0.15, 0.2) is 0 Å². The zero-order chi connectivity index (χ0) is 5.86. The Labute approximate surface area is 52.9 Å². The molecule has 0 aliphatic heterocycles. The molecule has 0 aromatic carbocycles. The van der Waals surface area contributed by atoms with Gasteiger partial charge in [-0.3, -0.25) is 9.59 Å². The van der Waals surface area contributed by atoms with Gasteiger partial charge in [0.05, 0.1) is 0 Å². The Balaban J connectivity index is -0.000000180. The number of carboxylic acids is 2. The van der Waals surface area contributed by atoms with E-state index in [1.54, 1.807) is 0 Å². The molecular weight excluding hydrogens is 126 g/mol. The molecule has 9 heavy (non-hydrogen) atoms. The average molecular weight is 137 g/mol. The molecule has 0 atom stereocenters. The van der Waals surface area contributed by atoms with Crippen LogP contribution in [0.3, 0.4) is 0 Å². The summed E-state index contributed by atoms with van der Waals surface area (Å²) in [7, 11) is 0. The van der Waals surface area contributed by atoms with Gasteiger partial charge >= 0.3 is 11.9 Å². The van der Waals surface area contributed by atoms with Gasteiger partial charge < -0.3 is 16.4 Å². The van der Waals surface area contributed by atoms with Crippen molar-refractivity contribution in [2.45, 2.75) is 13.8 Å². The molecule has 0 aromatic rings. The van der Waals surface area contributed by atoms with E-state index < -0.39 is 18.4 Å². The summed E-state index contributed by atoms with van der Waals surface area (Å²) < 4.78 is 0. The Bertz CT molecular complexity index is 88.7. The van der Waals surface area contributed by atoms with E-state index in [-0.39, 0.29) is 13.6 Å². The lowest BCUT2D eigenvalue weighted by atomic mass is 10.5. The first-order valence-corrected chi connectivity index (χ1v) is 1.56. The van der Waals surface area contributed by atoms with Crippen LogP contribution in [0.1, 0.15) is 13.8 Å². The zero-order valence-electron chi connectivity index (χ0n) is 4.13. The van der Waals surface area contributed by atoms with Gasteiger partial charge in [0.25, 0.3) is 0 Å². The fourth-order valence-electron chi connectivity index (χ4n) is 0.129. The van der Waals surface area contributed by atoms with E-state index in [1.165, 1.54) is 0 Å². The first-order chi connectivity index (χ1) is 3.13. The second kappa shape index (κ2) is 6.90. The molecule has 0 aliphatic carbocycles. The molecule has 0 fully saturated rings. The number of carboxylic acid groups (broad SMARTS) is 2. The maximum atomic E-state index is 9.43. The summed E-state index contributed by atoms with van der Waals surface area (Å²) >= 11 is 0. The minimum absolute atomic E-state index is 0. The summed E-state index contributed by atoms with van der Waals surface area (Å²) in [6, 6.07) is 0. The van der Waals surface area contributed by atoms with Gasteiger partial charge in [0.1, 0.15) is 6.42 Å². The summed E-state index contributed by atoms with van der Waals surface area (Å²) in [6.07, 6.45) is -0.806. The molecule has 0 spiro atoms. The monoisotopic (exact) mass is 137 g/mol. The van der Waals surface area contributed by atoms with Gasteiger partial charge in [0, 0.05) is 0 Å². The van der Waals surface area contributed by atoms with Crippen LogP contribution in [-0.4, -0.2) is 22.2 Å². The predicted molar refractivity (Wildman–Crippen MR) is 31.6 cm³/mol. The van der Waals surface area contributed by atoms with Crippen LogP contribution in [0.4, 0.5) is 0 Å². The lowest BCUT2D eigenvalue weighted by Gasteiger charge is -1.80. The van der Waals surface area contributed by atoms with Gasteiger partial charge in [-0.2, -0.15) is 0 Å². The molecule has 0 saturated carbocycles. The van der Waals surface area contributed by atoms with E-state index in [1.807, 2.05) is 0 Å². The van der Waals surface area contributed by atoms with Crippen LogP contribution < -0.4 is 6.15 Å². The van der Waals surface area contributed by atoms with Crippen LogP contribution in [0.25, 0.3) is 0 Å². The Morgan fingerprint density at radius 3 is 1.33 bits per heavy atom. The first-order valence-electron chi connectivity index (χ1n) is 1.56. The summed E-state index contributed by atoms with van der Waals surface area (Å²) in [5.41, 5.74) is 0. The van der Waals surface area contributed by atoms with Crippen molar-refractivity contribution in [1.82, 2.24) is 6.15 Å². The third-order valence-electron chi connectivity index (χ3n) is 0.302. The van der Waals surface area contributed by atoms with Crippen LogP contribution in [-0.2, 0) is 9.59 Å². The standard InChI is InChI=1S/C3H4O4.CH4.H3N/c4-2(5)1-3(6)7;;/h1H2,(H,4,5)(H,6,7);1H4;1H3. The highest BCUT2D eigenvalue weighted by Gasteiger charge is 2.01. The van der Waals surface area contributed by atoms with E-state index in [0.717, 1.165) is 0 Å². The second-order valence-electron chi connectivity index (χ2n) is 0.964. The Morgan fingerprint density at radius 2 is 1.33 bits per heavy atom. The number of carbonyl (C=O) groups is 2. The van der Waals surface area contributed by atoms with Gasteiger partial charge in [0.15, 0.2) is 0 Å². The number of hydrogen-bond acceptors (Lipinski definition) is 3. The smallest absolute Gasteiger partial charge is 0.314 e. The highest BCUT2D eigenvalue weighted by atomic mass is 16.4. The third kappa shape index (κ3) is 19.7. The van der Waals surface area contributed by atoms with Crippen molar-refractivity contribution < 1.29 is 19.8 Å². The molecule has 0 amide bonds. The third-order valence-corrected chi connectivity index (χ3v) is 0.302. The highest BCUT2D eigenvalue weighted by Crippen LogP contribution is 1.74. The molecule has 0 aromatic heterocycles. The largest absolute Gasteiger partial charge is 0.481 e. The zero-order valence-corrected chi connectivity index (χ0v) is 4.13. The lowest BCUT2D eigenvalue weighted by Crippen LogP contribution is -2.03. The van der Waals surface area contributed by atoms with E-state index >= 15 is 0 Å². The van der Waals surface area contributed by atoms with E-state index in [2.05, 4.69) is 0 Å². The molecule has 0 unspecified atom stereocenters. The van der Waals surface area contributed by atoms with Crippen LogP contribution >= 0.6 is 0 Å². The maximum absolute atomic E-state index is 9.43. The van der Waals surface area contributed by atoms with E-state index in [4.69, 9.17) is 10.2 Å². The van der Waals surface area contributed by atoms with E-state index in [0.29, 0.717) is 0 Å². The van der Waals surface area contributed by atoms with Crippen molar-refractivity contribution in [3.8, 4) is 0 Å². The number of aliphatic carboxylic acids is 2. The predicted octanol–water partition coefficient (Wildman–Crippen LogP) is 0.344. The molecule has 0 aliphatic rings. The van der Waals surface area contributed by atoms with Crippen molar-refractivity contribution in [2.75, 3.05) is 0 Å². The van der Waals surface area contributed by atoms with Gasteiger partial charge in [-0.1, -0.05) is 7.43 Å². The van der Waals surface area contributed by atoms with Gasteiger partial charge in [-0.15, -0.1) is 0 Å². The topological polar surface area (TPSA) is 110 Å². The lowest BCUT2D eigenvalue weighted by molar-refractivity contribution is -0.147. The van der Waals surface area contributed by atoms with Crippen molar-refractivity contribution in [2.24, 2.45) is 0 Å². The molecule has 0 saturated heterocycles. The van der Waals surface area contributed by atoms with Crippen molar-refractivity contribution in [3.63, 3.8) is 0 Å². The van der Waals surface area contributed by atoms with E-state index in [9.17, 15) is 9.59 Å². The van der Waals surface area contributed by atoms with Gasteiger partial charge in [-0.25, -0.2) is 0 Å². The quantitative estimate of drug-likeness (QED) is 0.475. The molecule has 56 valence electrons. The molecule has 0 heterocycles. The average Bonchev–Trinajstić information content (AvgIpc) is 1.27. The first kappa shape index (κ1) is 15.7. The fourth-order valence-corrected chi connectivity index (χ4v) is 0.129. The van der Waals surface area contributed by atoms with Gasteiger partial charge in [-0.05, 0) is 0 Å². The summed E-state index contributed by atoms with van der Waals surface area (Å²) in [6.45, 7) is 0. The summed E-state index contributed by atoms with van der Waals surface area (Å²) in [5.74, 6) is -2.62. The summed E-state index contributed by atoms with van der Waals surface area (Å²) in [4.78, 5) is 18.9. The Morgan fingerprint density at radius 1 is 1.11 bits per heavy atom. The molecular formula is C4H11NO4. The van der Waals surface area contributed by atoms with Crippen molar-refractivity contribution in [1.29, 1.82) is 0 Å². The SMILES string of the molecule is C.N.O=C(O)CC(=O)O. The molecule has 5 N–H and O–H groups in total. The normalized spacial score (nSPS) is 6.22. The number of hydrogen-bond donors (Lipinski definition) is 3. The molecule has 0 bridgehead atoms. The molecule has 5 heteroatoms. The van der Waals surface area contributed by atoms with Crippen LogP contribution in [0, 0.1) is 0 Å². The highest BCUT2D eigenvalue weighted by molar-refractivity contribution is 5.88. The summed E-state index contributed by atoms with van der Waals surface area (Å²) in [5, 5.41) is 15.4. The molecule has 0 radical (unpaired) electrons. The fraction of sp³-hybridized carbons (Fsp3) is 0.500. The van der Waals surface area contributed by atoms with Crippen molar-refractivity contribution in [3.05, 3.63) is 0 Å². The van der Waals surface area contributed by atoms with Gasteiger partial charge in [0.2, 0.25) is 0 Å². The maximum Gasteiger partial charge on any atom is 0.314 e. The Hall–Kier alpha value is -1.10. The minimum atomic E-state index is -1.31. The minimum Gasteiger partial charge on any atom is -0.481 e. The molecule has 5 nitrogen and oxygen atoms in total. The van der Waals surface area contributed by atoms with Crippen LogP contribution in [0.2, 0.25) is 0 Å². The van der Waals surface area contributed by atoms with Crippen LogP contribution in [0.5, 0.6) is 0 Å². The number of rotatable bonds is 2.